The molecule has 2 heterocycles. The zero-order chi connectivity index (χ0) is 19.4. The van der Waals surface area contributed by atoms with Gasteiger partial charge in [-0.15, -0.1) is 0 Å². The number of fused-ring (bicyclic) bond motifs is 3. The standard InChI is InChI=1S/C19H16N2O6/c1-2-25-19(24)18-12-9-15(27-11-17(22)23)16(26-8-6-20)10-14(12)21-7-4-3-5-13(18)21/h3-5,7,9-10H,2,8,11H2,1H3,(H,22,23). The highest BCUT2D eigenvalue weighted by molar-refractivity contribution is 6.12. The second-order valence-electron chi connectivity index (χ2n) is 5.50. The maximum atomic E-state index is 12.5. The Kier molecular flexibility index (Phi) is 5.13. The quantitative estimate of drug-likeness (QED) is 0.638. The van der Waals surface area contributed by atoms with Crippen LogP contribution < -0.4 is 9.47 Å². The molecule has 0 spiro atoms. The van der Waals surface area contributed by atoms with Crippen LogP contribution in [0.4, 0.5) is 0 Å². The molecule has 2 aromatic heterocycles. The first-order valence-corrected chi connectivity index (χ1v) is 8.15. The highest BCUT2D eigenvalue weighted by Crippen LogP contribution is 2.37. The number of carboxylic acid groups (broad SMARTS) is 1. The molecule has 0 saturated carbocycles. The van der Waals surface area contributed by atoms with Crippen molar-refractivity contribution in [1.82, 2.24) is 4.40 Å². The highest BCUT2D eigenvalue weighted by atomic mass is 16.5. The highest BCUT2D eigenvalue weighted by Gasteiger charge is 2.22. The summed E-state index contributed by atoms with van der Waals surface area (Å²) < 4.78 is 17.7. The van der Waals surface area contributed by atoms with E-state index in [9.17, 15) is 9.59 Å². The lowest BCUT2D eigenvalue weighted by molar-refractivity contribution is -0.139. The molecule has 0 atom stereocenters. The van der Waals surface area contributed by atoms with Crippen molar-refractivity contribution in [3.05, 3.63) is 42.1 Å². The molecular formula is C19H16N2O6. The Morgan fingerprint density at radius 1 is 1.19 bits per heavy atom. The first-order chi connectivity index (χ1) is 13.1. The number of aromatic nitrogens is 1. The van der Waals surface area contributed by atoms with Gasteiger partial charge in [0.05, 0.1) is 23.2 Å². The molecule has 0 aliphatic heterocycles. The molecule has 3 rings (SSSR count). The molecule has 0 fully saturated rings. The minimum absolute atomic E-state index is 0.126. The molecule has 0 saturated heterocycles. The largest absolute Gasteiger partial charge is 0.479 e. The third kappa shape index (κ3) is 3.48. The van der Waals surface area contributed by atoms with Crippen LogP contribution in [-0.2, 0) is 9.53 Å². The Bertz CT molecular complexity index is 1060. The fourth-order valence-corrected chi connectivity index (χ4v) is 2.84. The van der Waals surface area contributed by atoms with Crippen LogP contribution in [0.15, 0.2) is 36.5 Å². The van der Waals surface area contributed by atoms with Crippen LogP contribution in [0.2, 0.25) is 0 Å². The van der Waals surface area contributed by atoms with Crippen molar-refractivity contribution in [1.29, 1.82) is 5.26 Å². The number of hydrogen-bond donors (Lipinski definition) is 1. The van der Waals surface area contributed by atoms with Gasteiger partial charge >= 0.3 is 11.9 Å². The van der Waals surface area contributed by atoms with Crippen molar-refractivity contribution >= 4 is 28.4 Å². The van der Waals surface area contributed by atoms with E-state index >= 15 is 0 Å². The van der Waals surface area contributed by atoms with Crippen molar-refractivity contribution in [2.75, 3.05) is 19.8 Å². The second kappa shape index (κ2) is 7.66. The summed E-state index contributed by atoms with van der Waals surface area (Å²) in [4.78, 5) is 23.4. The summed E-state index contributed by atoms with van der Waals surface area (Å²) in [6, 6.07) is 10.4. The third-order valence-electron chi connectivity index (χ3n) is 3.83. The summed E-state index contributed by atoms with van der Waals surface area (Å²) in [5.41, 5.74) is 1.62. The number of carbonyl (C=O) groups is 2. The van der Waals surface area contributed by atoms with Crippen LogP contribution in [0.3, 0.4) is 0 Å². The van der Waals surface area contributed by atoms with Crippen molar-refractivity contribution in [2.24, 2.45) is 0 Å². The SMILES string of the molecule is CCOC(=O)c1c2cc(OCC(=O)O)c(OCC#N)cc2n2ccccc12. The summed E-state index contributed by atoms with van der Waals surface area (Å²) in [5, 5.41) is 18.2. The number of benzene rings is 1. The van der Waals surface area contributed by atoms with E-state index in [4.69, 9.17) is 24.6 Å². The molecule has 138 valence electrons. The van der Waals surface area contributed by atoms with Gasteiger partial charge < -0.3 is 23.7 Å². The Labute approximate surface area is 154 Å². The maximum Gasteiger partial charge on any atom is 0.341 e. The fourth-order valence-electron chi connectivity index (χ4n) is 2.84. The molecule has 0 amide bonds. The number of pyridine rings is 1. The summed E-state index contributed by atoms with van der Waals surface area (Å²) in [5.74, 6) is -1.31. The molecule has 0 unspecified atom stereocenters. The predicted octanol–water partition coefficient (Wildman–Crippen LogP) is 2.63. The van der Waals surface area contributed by atoms with E-state index in [0.29, 0.717) is 22.0 Å². The zero-order valence-electron chi connectivity index (χ0n) is 14.5. The minimum Gasteiger partial charge on any atom is -0.479 e. The molecule has 0 aliphatic rings. The van der Waals surface area contributed by atoms with Gasteiger partial charge in [-0.2, -0.15) is 5.26 Å². The molecule has 1 N–H and O–H groups in total. The molecule has 27 heavy (non-hydrogen) atoms. The van der Waals surface area contributed by atoms with E-state index in [2.05, 4.69) is 0 Å². The summed E-state index contributed by atoms with van der Waals surface area (Å²) >= 11 is 0. The average molecular weight is 368 g/mol. The number of nitrogens with zero attached hydrogens (tertiary/aromatic N) is 2. The van der Waals surface area contributed by atoms with Gasteiger partial charge in [0.15, 0.2) is 24.7 Å². The van der Waals surface area contributed by atoms with Crippen LogP contribution in [-0.4, -0.2) is 41.3 Å². The first kappa shape index (κ1) is 18.1. The fraction of sp³-hybridized carbons (Fsp3) is 0.211. The predicted molar refractivity (Wildman–Crippen MR) is 95.1 cm³/mol. The third-order valence-corrected chi connectivity index (χ3v) is 3.83. The molecule has 8 heteroatoms. The number of ether oxygens (including phenoxy) is 3. The Morgan fingerprint density at radius 2 is 1.96 bits per heavy atom. The van der Waals surface area contributed by atoms with Gasteiger partial charge in [0.25, 0.3) is 0 Å². The van der Waals surface area contributed by atoms with E-state index in [1.54, 1.807) is 35.7 Å². The number of carboxylic acids is 1. The van der Waals surface area contributed by atoms with Crippen molar-refractivity contribution in [3.8, 4) is 17.6 Å². The number of rotatable bonds is 7. The molecule has 0 radical (unpaired) electrons. The molecule has 1 aromatic carbocycles. The average Bonchev–Trinajstić information content (AvgIpc) is 2.97. The molecule has 0 aliphatic carbocycles. The van der Waals surface area contributed by atoms with Gasteiger partial charge in [-0.25, -0.2) is 9.59 Å². The molecule has 0 bridgehead atoms. The van der Waals surface area contributed by atoms with Gasteiger partial charge in [0.2, 0.25) is 0 Å². The van der Waals surface area contributed by atoms with Crippen molar-refractivity contribution in [2.45, 2.75) is 6.92 Å². The van der Waals surface area contributed by atoms with Crippen LogP contribution in [0, 0.1) is 11.3 Å². The Balaban J connectivity index is 2.26. The van der Waals surface area contributed by atoms with Crippen molar-refractivity contribution in [3.63, 3.8) is 0 Å². The number of hydrogen-bond acceptors (Lipinski definition) is 6. The Morgan fingerprint density at radius 3 is 2.67 bits per heavy atom. The lowest BCUT2D eigenvalue weighted by Crippen LogP contribution is -2.10. The van der Waals surface area contributed by atoms with E-state index in [1.165, 1.54) is 6.07 Å². The van der Waals surface area contributed by atoms with Crippen molar-refractivity contribution < 1.29 is 28.9 Å². The first-order valence-electron chi connectivity index (χ1n) is 8.15. The normalized spacial score (nSPS) is 10.5. The maximum absolute atomic E-state index is 12.5. The second-order valence-corrected chi connectivity index (χ2v) is 5.50. The molecule has 3 aromatic rings. The van der Waals surface area contributed by atoms with Gasteiger partial charge in [-0.05, 0) is 25.1 Å². The summed E-state index contributed by atoms with van der Waals surface area (Å²) in [6.07, 6.45) is 1.78. The van der Waals surface area contributed by atoms with Gasteiger partial charge in [0.1, 0.15) is 6.07 Å². The number of nitriles is 1. The monoisotopic (exact) mass is 368 g/mol. The zero-order valence-corrected chi connectivity index (χ0v) is 14.5. The van der Waals surface area contributed by atoms with Crippen LogP contribution in [0.5, 0.6) is 11.5 Å². The summed E-state index contributed by atoms with van der Waals surface area (Å²) in [6.45, 7) is 1.11. The minimum atomic E-state index is -1.16. The number of aliphatic carboxylic acids is 1. The Hall–Kier alpha value is -3.73. The van der Waals surface area contributed by atoms with E-state index in [0.717, 1.165) is 0 Å². The summed E-state index contributed by atoms with van der Waals surface area (Å²) in [7, 11) is 0. The molecular weight excluding hydrogens is 352 g/mol. The number of esters is 1. The van der Waals surface area contributed by atoms with Gasteiger partial charge in [-0.1, -0.05) is 6.07 Å². The smallest absolute Gasteiger partial charge is 0.341 e. The van der Waals surface area contributed by atoms with Gasteiger partial charge in [-0.3, -0.25) is 0 Å². The van der Waals surface area contributed by atoms with E-state index in [-0.39, 0.29) is 24.7 Å². The topological polar surface area (TPSA) is 110 Å². The molecule has 8 nitrogen and oxygen atoms in total. The number of carbonyl (C=O) groups excluding carboxylic acids is 1. The van der Waals surface area contributed by atoms with Gasteiger partial charge in [0, 0.05) is 17.6 Å². The van der Waals surface area contributed by atoms with E-state index < -0.39 is 18.5 Å². The van der Waals surface area contributed by atoms with E-state index in [1.807, 2.05) is 12.1 Å². The lowest BCUT2D eigenvalue weighted by atomic mass is 10.1. The van der Waals surface area contributed by atoms with Crippen LogP contribution >= 0.6 is 0 Å². The van der Waals surface area contributed by atoms with Crippen LogP contribution in [0.1, 0.15) is 17.3 Å². The van der Waals surface area contributed by atoms with Crippen LogP contribution in [0.25, 0.3) is 16.4 Å². The lowest BCUT2D eigenvalue weighted by Gasteiger charge is -2.11.